The van der Waals surface area contributed by atoms with Crippen LogP contribution in [0.1, 0.15) is 11.1 Å². The van der Waals surface area contributed by atoms with Gasteiger partial charge in [0.25, 0.3) is 11.6 Å². The van der Waals surface area contributed by atoms with Crippen molar-refractivity contribution >= 4 is 52.3 Å². The van der Waals surface area contributed by atoms with E-state index in [0.29, 0.717) is 16.3 Å². The summed E-state index contributed by atoms with van der Waals surface area (Å²) in [6, 6.07) is 11.3. The fourth-order valence-electron chi connectivity index (χ4n) is 2.55. The van der Waals surface area contributed by atoms with Crippen LogP contribution in [0.4, 0.5) is 11.4 Å². The van der Waals surface area contributed by atoms with E-state index in [1.165, 1.54) is 17.0 Å². The molecule has 2 aromatic rings. The molecule has 8 heteroatoms. The lowest BCUT2D eigenvalue weighted by atomic mass is 10.1. The summed E-state index contributed by atoms with van der Waals surface area (Å²) in [5, 5.41) is 14.7. The Morgan fingerprint density at radius 2 is 2.00 bits per heavy atom. The van der Waals surface area contributed by atoms with Crippen LogP contribution < -0.4 is 10.2 Å². The molecule has 0 saturated carbocycles. The van der Waals surface area contributed by atoms with Gasteiger partial charge in [-0.05, 0) is 55.0 Å². The Balaban J connectivity index is 2.01. The highest BCUT2D eigenvalue weighted by Gasteiger charge is 2.33. The molecule has 1 aliphatic heterocycles. The largest absolute Gasteiger partial charge is 0.327 e. The Bertz CT molecular complexity index is 942. The number of benzene rings is 2. The molecule has 6 nitrogen and oxygen atoms in total. The Kier molecular flexibility index (Phi) is 4.52. The summed E-state index contributed by atoms with van der Waals surface area (Å²) in [7, 11) is 0. The molecule has 0 unspecified atom stereocenters. The number of amides is 1. The van der Waals surface area contributed by atoms with Crippen LogP contribution in [-0.4, -0.2) is 15.9 Å². The molecule has 1 fully saturated rings. The molecule has 0 radical (unpaired) electrons. The van der Waals surface area contributed by atoms with Crippen LogP contribution >= 0.6 is 23.8 Å². The Labute approximate surface area is 153 Å². The van der Waals surface area contributed by atoms with E-state index in [1.54, 1.807) is 36.4 Å². The van der Waals surface area contributed by atoms with E-state index in [4.69, 9.17) is 23.8 Å². The van der Waals surface area contributed by atoms with Crippen molar-refractivity contribution in [1.82, 2.24) is 5.32 Å². The number of carbonyl (C=O) groups excluding carboxylic acids is 1. The van der Waals surface area contributed by atoms with Crippen LogP contribution in [0.25, 0.3) is 6.08 Å². The maximum Gasteiger partial charge on any atom is 0.281 e. The predicted octanol–water partition coefficient (Wildman–Crippen LogP) is 3.82. The van der Waals surface area contributed by atoms with Gasteiger partial charge in [0.15, 0.2) is 5.11 Å². The highest BCUT2D eigenvalue weighted by Crippen LogP contribution is 2.29. The minimum Gasteiger partial charge on any atom is -0.327 e. The summed E-state index contributed by atoms with van der Waals surface area (Å²) in [5.74, 6) is -0.381. The average molecular weight is 374 g/mol. The number of anilines is 1. The van der Waals surface area contributed by atoms with Crippen molar-refractivity contribution < 1.29 is 9.72 Å². The zero-order valence-corrected chi connectivity index (χ0v) is 14.6. The number of carbonyl (C=O) groups is 1. The fraction of sp³-hybridized carbons (Fsp3) is 0.0588. The van der Waals surface area contributed by atoms with E-state index < -0.39 is 4.92 Å². The summed E-state index contributed by atoms with van der Waals surface area (Å²) in [5.41, 5.74) is 1.81. The molecule has 1 N–H and O–H groups in total. The molecular formula is C17H12ClN3O3S. The topological polar surface area (TPSA) is 75.5 Å². The maximum absolute atomic E-state index is 12.7. The van der Waals surface area contributed by atoms with Crippen molar-refractivity contribution in [2.45, 2.75) is 6.92 Å². The molecule has 0 spiro atoms. The predicted molar refractivity (Wildman–Crippen MR) is 100 cm³/mol. The van der Waals surface area contributed by atoms with Crippen molar-refractivity contribution in [1.29, 1.82) is 0 Å². The molecule has 0 aromatic heterocycles. The van der Waals surface area contributed by atoms with E-state index in [2.05, 4.69) is 5.32 Å². The van der Waals surface area contributed by atoms with Gasteiger partial charge in [0.05, 0.1) is 16.2 Å². The summed E-state index contributed by atoms with van der Waals surface area (Å²) >= 11 is 11.2. The third-order valence-electron chi connectivity index (χ3n) is 3.71. The van der Waals surface area contributed by atoms with Gasteiger partial charge in [-0.1, -0.05) is 23.7 Å². The number of nitrogens with zero attached hydrogens (tertiary/aromatic N) is 2. The van der Waals surface area contributed by atoms with Gasteiger partial charge in [-0.25, -0.2) is 0 Å². The molecule has 0 atom stereocenters. The van der Waals surface area contributed by atoms with E-state index in [1.807, 2.05) is 6.92 Å². The number of aryl methyl sites for hydroxylation is 1. The summed E-state index contributed by atoms with van der Waals surface area (Å²) in [6.45, 7) is 1.82. The van der Waals surface area contributed by atoms with E-state index in [0.717, 1.165) is 5.56 Å². The molecule has 1 amide bonds. The normalized spacial score (nSPS) is 15.6. The first-order valence-corrected chi connectivity index (χ1v) is 8.04. The molecule has 25 heavy (non-hydrogen) atoms. The highest BCUT2D eigenvalue weighted by molar-refractivity contribution is 7.80. The van der Waals surface area contributed by atoms with Crippen LogP contribution in [0.15, 0.2) is 48.2 Å². The quantitative estimate of drug-likeness (QED) is 0.383. The SMILES string of the molecule is Cc1cc(Cl)ccc1N1C(=O)/C(=C\c2ccccc2[N+](=O)[O-])NC1=S. The van der Waals surface area contributed by atoms with Gasteiger partial charge >= 0.3 is 0 Å². The van der Waals surface area contributed by atoms with Crippen molar-refractivity contribution in [3.8, 4) is 0 Å². The van der Waals surface area contributed by atoms with Gasteiger partial charge in [0, 0.05) is 11.1 Å². The molecular weight excluding hydrogens is 362 g/mol. The number of nitrogens with one attached hydrogen (secondary N) is 1. The van der Waals surface area contributed by atoms with Gasteiger partial charge < -0.3 is 5.32 Å². The minimum atomic E-state index is -0.495. The van der Waals surface area contributed by atoms with Crippen LogP contribution in [0.2, 0.25) is 5.02 Å². The first kappa shape index (κ1) is 17.1. The molecule has 1 aliphatic rings. The van der Waals surface area contributed by atoms with Gasteiger partial charge in [0.2, 0.25) is 0 Å². The van der Waals surface area contributed by atoms with Crippen LogP contribution in [0.5, 0.6) is 0 Å². The smallest absolute Gasteiger partial charge is 0.281 e. The summed E-state index contributed by atoms with van der Waals surface area (Å²) < 4.78 is 0. The Morgan fingerprint density at radius 1 is 1.28 bits per heavy atom. The van der Waals surface area contributed by atoms with Gasteiger partial charge in [-0.3, -0.25) is 19.8 Å². The zero-order chi connectivity index (χ0) is 18.1. The molecule has 1 saturated heterocycles. The lowest BCUT2D eigenvalue weighted by molar-refractivity contribution is -0.385. The number of rotatable bonds is 3. The number of hydrogen-bond donors (Lipinski definition) is 1. The van der Waals surface area contributed by atoms with Gasteiger partial charge in [0.1, 0.15) is 5.70 Å². The molecule has 0 aliphatic carbocycles. The maximum atomic E-state index is 12.7. The average Bonchev–Trinajstić information content (AvgIpc) is 2.82. The number of nitro benzene ring substituents is 1. The number of para-hydroxylation sites is 1. The molecule has 2 aromatic carbocycles. The number of thiocarbonyl (C=S) groups is 1. The third kappa shape index (κ3) is 3.24. The second kappa shape index (κ2) is 6.62. The number of halogens is 1. The third-order valence-corrected chi connectivity index (χ3v) is 4.23. The van der Waals surface area contributed by atoms with Crippen LogP contribution in [-0.2, 0) is 4.79 Å². The zero-order valence-electron chi connectivity index (χ0n) is 13.0. The minimum absolute atomic E-state index is 0.0864. The van der Waals surface area contributed by atoms with Crippen molar-refractivity contribution in [3.63, 3.8) is 0 Å². The monoisotopic (exact) mass is 373 g/mol. The Hall–Kier alpha value is -2.77. The Morgan fingerprint density at radius 3 is 2.68 bits per heavy atom. The highest BCUT2D eigenvalue weighted by atomic mass is 35.5. The van der Waals surface area contributed by atoms with E-state index >= 15 is 0 Å². The van der Waals surface area contributed by atoms with Crippen LogP contribution in [0, 0.1) is 17.0 Å². The van der Waals surface area contributed by atoms with E-state index in [9.17, 15) is 14.9 Å². The van der Waals surface area contributed by atoms with Gasteiger partial charge in [-0.2, -0.15) is 0 Å². The number of hydrogen-bond acceptors (Lipinski definition) is 4. The molecule has 126 valence electrons. The van der Waals surface area contributed by atoms with E-state index in [-0.39, 0.29) is 22.4 Å². The standard InChI is InChI=1S/C17H12ClN3O3S/c1-10-8-12(18)6-7-14(10)20-16(22)13(19-17(20)25)9-11-4-2-3-5-15(11)21(23)24/h2-9H,1H3,(H,19,25)/b13-9+. The first-order chi connectivity index (χ1) is 11.9. The second-order valence-electron chi connectivity index (χ2n) is 5.38. The van der Waals surface area contributed by atoms with Crippen LogP contribution in [0.3, 0.4) is 0 Å². The molecule has 1 heterocycles. The first-order valence-electron chi connectivity index (χ1n) is 7.25. The fourth-order valence-corrected chi connectivity index (χ4v) is 3.07. The molecule has 0 bridgehead atoms. The van der Waals surface area contributed by atoms with Crippen molar-refractivity contribution in [2.24, 2.45) is 0 Å². The van der Waals surface area contributed by atoms with Crippen molar-refractivity contribution in [2.75, 3.05) is 4.90 Å². The molecule has 3 rings (SSSR count). The number of nitro groups is 1. The summed E-state index contributed by atoms with van der Waals surface area (Å²) in [6.07, 6.45) is 1.43. The summed E-state index contributed by atoms with van der Waals surface area (Å²) in [4.78, 5) is 24.7. The van der Waals surface area contributed by atoms with Gasteiger partial charge in [-0.15, -0.1) is 0 Å². The lowest BCUT2D eigenvalue weighted by Crippen LogP contribution is -2.30. The second-order valence-corrected chi connectivity index (χ2v) is 6.20. The van der Waals surface area contributed by atoms with Crippen molar-refractivity contribution in [3.05, 3.63) is 74.4 Å². The lowest BCUT2D eigenvalue weighted by Gasteiger charge is -2.16.